The lowest BCUT2D eigenvalue weighted by atomic mass is 10.1. The first-order valence-electron chi connectivity index (χ1n) is 9.14. The summed E-state index contributed by atoms with van der Waals surface area (Å²) < 4.78 is 0. The van der Waals surface area contributed by atoms with E-state index in [-0.39, 0.29) is 30.3 Å². The number of rotatable bonds is 4. The van der Waals surface area contributed by atoms with Crippen molar-refractivity contribution in [1.82, 2.24) is 5.32 Å². The maximum Gasteiger partial charge on any atom is 0.319 e. The van der Waals surface area contributed by atoms with Gasteiger partial charge >= 0.3 is 6.03 Å². The van der Waals surface area contributed by atoms with Gasteiger partial charge in [0.2, 0.25) is 11.8 Å². The number of amides is 4. The van der Waals surface area contributed by atoms with Crippen molar-refractivity contribution in [1.29, 1.82) is 0 Å². The molecule has 1 fully saturated rings. The van der Waals surface area contributed by atoms with Gasteiger partial charge in [-0.05, 0) is 61.4 Å². The van der Waals surface area contributed by atoms with Crippen molar-refractivity contribution >= 4 is 34.9 Å². The van der Waals surface area contributed by atoms with E-state index in [9.17, 15) is 14.4 Å². The summed E-state index contributed by atoms with van der Waals surface area (Å²) in [7, 11) is 0. The van der Waals surface area contributed by atoms with Crippen molar-refractivity contribution in [2.24, 2.45) is 0 Å². The Labute approximate surface area is 164 Å². The molecular weight excluding hydrogens is 356 g/mol. The van der Waals surface area contributed by atoms with Gasteiger partial charge in [-0.2, -0.15) is 0 Å². The molecule has 1 aliphatic heterocycles. The van der Waals surface area contributed by atoms with Crippen LogP contribution in [0.4, 0.5) is 21.9 Å². The van der Waals surface area contributed by atoms with E-state index in [1.54, 1.807) is 29.2 Å². The Kier molecular flexibility index (Phi) is 5.63. The Hall–Kier alpha value is -3.35. The van der Waals surface area contributed by atoms with Crippen LogP contribution in [-0.2, 0) is 9.59 Å². The Morgan fingerprint density at radius 3 is 2.21 bits per heavy atom. The topological polar surface area (TPSA) is 90.5 Å². The smallest absolute Gasteiger partial charge is 0.319 e. The number of aryl methyl sites for hydroxylation is 2. The SMILES string of the molecule is CC(=O)Nc1ccc(NC(=O)N[C@@H]2CC(=O)N(c3ccc(C)c(C)c3)C2)cc1. The minimum Gasteiger partial charge on any atom is -0.333 e. The predicted molar refractivity (Wildman–Crippen MR) is 110 cm³/mol. The Bertz CT molecular complexity index is 908. The molecule has 0 aliphatic carbocycles. The van der Waals surface area contributed by atoms with Gasteiger partial charge in [-0.3, -0.25) is 9.59 Å². The van der Waals surface area contributed by atoms with Crippen molar-refractivity contribution in [2.45, 2.75) is 33.2 Å². The number of urea groups is 1. The molecule has 0 saturated carbocycles. The van der Waals surface area contributed by atoms with E-state index in [2.05, 4.69) is 16.0 Å². The average Bonchev–Trinajstić information content (AvgIpc) is 2.98. The van der Waals surface area contributed by atoms with E-state index in [0.29, 0.717) is 17.9 Å². The Balaban J connectivity index is 1.56. The zero-order valence-corrected chi connectivity index (χ0v) is 16.2. The fourth-order valence-electron chi connectivity index (χ4n) is 3.14. The van der Waals surface area contributed by atoms with Crippen LogP contribution in [0.15, 0.2) is 42.5 Å². The van der Waals surface area contributed by atoms with Crippen LogP contribution in [0.5, 0.6) is 0 Å². The van der Waals surface area contributed by atoms with E-state index < -0.39 is 0 Å². The monoisotopic (exact) mass is 380 g/mol. The molecule has 28 heavy (non-hydrogen) atoms. The number of benzene rings is 2. The fourth-order valence-corrected chi connectivity index (χ4v) is 3.14. The van der Waals surface area contributed by atoms with Gasteiger partial charge in [-0.25, -0.2) is 4.79 Å². The van der Waals surface area contributed by atoms with Gasteiger partial charge in [0.15, 0.2) is 0 Å². The second kappa shape index (κ2) is 8.12. The zero-order chi connectivity index (χ0) is 20.3. The second-order valence-electron chi connectivity index (χ2n) is 7.03. The Morgan fingerprint density at radius 1 is 0.964 bits per heavy atom. The van der Waals surface area contributed by atoms with E-state index in [1.807, 2.05) is 32.0 Å². The highest BCUT2D eigenvalue weighted by Crippen LogP contribution is 2.24. The summed E-state index contributed by atoms with van der Waals surface area (Å²) in [5.74, 6) is -0.161. The highest BCUT2D eigenvalue weighted by Gasteiger charge is 2.31. The summed E-state index contributed by atoms with van der Waals surface area (Å²) >= 11 is 0. The van der Waals surface area contributed by atoms with Gasteiger partial charge in [0, 0.05) is 37.0 Å². The standard InChI is InChI=1S/C21H24N4O3/c1-13-4-9-19(10-14(13)2)25-12-18(11-20(25)27)24-21(28)23-17-7-5-16(6-8-17)22-15(3)26/h4-10,18H,11-12H2,1-3H3,(H,22,26)(H2,23,24,28)/t18-/m1/s1. The summed E-state index contributed by atoms with van der Waals surface area (Å²) in [5, 5.41) is 8.26. The van der Waals surface area contributed by atoms with Crippen LogP contribution in [0.3, 0.4) is 0 Å². The Morgan fingerprint density at radius 2 is 1.61 bits per heavy atom. The van der Waals surface area contributed by atoms with Crippen molar-refractivity contribution in [3.05, 3.63) is 53.6 Å². The fraction of sp³-hybridized carbons (Fsp3) is 0.286. The van der Waals surface area contributed by atoms with Gasteiger partial charge in [-0.15, -0.1) is 0 Å². The summed E-state index contributed by atoms with van der Waals surface area (Å²) in [5.41, 5.74) is 4.41. The molecule has 1 atom stereocenters. The van der Waals surface area contributed by atoms with Crippen LogP contribution in [0.2, 0.25) is 0 Å². The van der Waals surface area contributed by atoms with Gasteiger partial charge in [0.1, 0.15) is 0 Å². The molecule has 0 unspecified atom stereocenters. The van der Waals surface area contributed by atoms with Gasteiger partial charge in [-0.1, -0.05) is 6.07 Å². The van der Waals surface area contributed by atoms with E-state index in [0.717, 1.165) is 11.3 Å². The van der Waals surface area contributed by atoms with Crippen LogP contribution >= 0.6 is 0 Å². The third kappa shape index (κ3) is 4.68. The molecule has 3 N–H and O–H groups in total. The number of hydrogen-bond donors (Lipinski definition) is 3. The molecule has 4 amide bonds. The molecule has 7 heteroatoms. The van der Waals surface area contributed by atoms with Gasteiger partial charge in [0.25, 0.3) is 0 Å². The number of anilines is 3. The second-order valence-corrected chi connectivity index (χ2v) is 7.03. The van der Waals surface area contributed by atoms with Crippen LogP contribution in [0.1, 0.15) is 24.5 Å². The molecule has 146 valence electrons. The molecule has 0 radical (unpaired) electrons. The van der Waals surface area contributed by atoms with Crippen LogP contribution in [0.25, 0.3) is 0 Å². The van der Waals surface area contributed by atoms with Crippen LogP contribution in [0, 0.1) is 13.8 Å². The first-order chi connectivity index (χ1) is 13.3. The van der Waals surface area contributed by atoms with Crippen molar-refractivity contribution in [3.8, 4) is 0 Å². The molecule has 0 aromatic heterocycles. The molecule has 1 heterocycles. The molecule has 3 rings (SSSR count). The molecule has 2 aromatic carbocycles. The number of nitrogens with zero attached hydrogens (tertiary/aromatic N) is 1. The highest BCUT2D eigenvalue weighted by molar-refractivity contribution is 5.98. The maximum absolute atomic E-state index is 12.4. The molecular formula is C21H24N4O3. The molecule has 1 saturated heterocycles. The summed E-state index contributed by atoms with van der Waals surface area (Å²) in [6, 6.07) is 12.1. The summed E-state index contributed by atoms with van der Waals surface area (Å²) in [6.45, 7) is 5.92. The summed E-state index contributed by atoms with van der Waals surface area (Å²) in [4.78, 5) is 37.4. The van der Waals surface area contributed by atoms with Crippen molar-refractivity contribution in [2.75, 3.05) is 22.1 Å². The van der Waals surface area contributed by atoms with Crippen molar-refractivity contribution < 1.29 is 14.4 Å². The maximum atomic E-state index is 12.4. The number of nitrogens with one attached hydrogen (secondary N) is 3. The van der Waals surface area contributed by atoms with E-state index >= 15 is 0 Å². The highest BCUT2D eigenvalue weighted by atomic mass is 16.2. The first kappa shape index (κ1) is 19.4. The molecule has 1 aliphatic rings. The lowest BCUT2D eigenvalue weighted by Crippen LogP contribution is -2.39. The third-order valence-electron chi connectivity index (χ3n) is 4.73. The predicted octanol–water partition coefficient (Wildman–Crippen LogP) is 3.19. The lowest BCUT2D eigenvalue weighted by Gasteiger charge is -2.18. The largest absolute Gasteiger partial charge is 0.333 e. The zero-order valence-electron chi connectivity index (χ0n) is 16.2. The molecule has 0 bridgehead atoms. The third-order valence-corrected chi connectivity index (χ3v) is 4.73. The first-order valence-corrected chi connectivity index (χ1v) is 9.14. The quantitative estimate of drug-likeness (QED) is 0.761. The minimum atomic E-state index is -0.369. The van der Waals surface area contributed by atoms with Gasteiger partial charge in [0.05, 0.1) is 6.04 Å². The van der Waals surface area contributed by atoms with Crippen LogP contribution in [-0.4, -0.2) is 30.4 Å². The molecule has 0 spiro atoms. The van der Waals surface area contributed by atoms with E-state index in [1.165, 1.54) is 12.5 Å². The van der Waals surface area contributed by atoms with E-state index in [4.69, 9.17) is 0 Å². The summed E-state index contributed by atoms with van der Waals surface area (Å²) in [6.07, 6.45) is 0.266. The normalized spacial score (nSPS) is 16.0. The number of carbonyl (C=O) groups excluding carboxylic acids is 3. The average molecular weight is 380 g/mol. The van der Waals surface area contributed by atoms with Crippen molar-refractivity contribution in [3.63, 3.8) is 0 Å². The number of hydrogen-bond acceptors (Lipinski definition) is 3. The minimum absolute atomic E-state index is 0.00628. The van der Waals surface area contributed by atoms with Crippen LogP contribution < -0.4 is 20.9 Å². The van der Waals surface area contributed by atoms with Gasteiger partial charge < -0.3 is 20.9 Å². The molecule has 2 aromatic rings. The lowest BCUT2D eigenvalue weighted by molar-refractivity contribution is -0.117. The number of carbonyl (C=O) groups is 3. The molecule has 7 nitrogen and oxygen atoms in total.